The largest absolute Gasteiger partial charge is 0.664 e. The number of para-hydroxylation sites is 1. The van der Waals surface area contributed by atoms with Crippen molar-refractivity contribution >= 4 is 14.1 Å². The molecule has 2 unspecified atom stereocenters. The number of carbonyl (C=O) groups is 1. The lowest BCUT2D eigenvalue weighted by molar-refractivity contribution is -0.148. The second-order valence-electron chi connectivity index (χ2n) is 4.45. The molecule has 19 heavy (non-hydrogen) atoms. The van der Waals surface area contributed by atoms with Gasteiger partial charge in [0.2, 0.25) is 0 Å². The molecule has 0 bridgehead atoms. The average Bonchev–Trinajstić information content (AvgIpc) is 2.31. The predicted molar refractivity (Wildman–Crippen MR) is 73.2 cm³/mol. The smallest absolute Gasteiger partial charge is 0.462 e. The minimum atomic E-state index is -2.17. The molecule has 1 rings (SSSR count). The summed E-state index contributed by atoms with van der Waals surface area (Å²) in [5, 5.41) is 2.57. The van der Waals surface area contributed by atoms with Crippen LogP contribution in [0.3, 0.4) is 0 Å². The van der Waals surface area contributed by atoms with Gasteiger partial charge in [-0.1, -0.05) is 23.3 Å². The van der Waals surface area contributed by atoms with E-state index in [1.807, 2.05) is 19.1 Å². The van der Waals surface area contributed by atoms with Gasteiger partial charge in [0.25, 0.3) is 0 Å². The number of hydrogen-bond donors (Lipinski definition) is 1. The van der Waals surface area contributed by atoms with E-state index in [0.717, 1.165) is 5.56 Å². The summed E-state index contributed by atoms with van der Waals surface area (Å²) in [7, 11) is -2.17. The van der Waals surface area contributed by atoms with E-state index in [1.165, 1.54) is 0 Å². The van der Waals surface area contributed by atoms with Crippen LogP contribution >= 0.6 is 8.18 Å². The van der Waals surface area contributed by atoms with Crippen molar-refractivity contribution in [3.63, 3.8) is 0 Å². The second kappa shape index (κ2) is 7.22. The molecule has 104 valence electrons. The van der Waals surface area contributed by atoms with Crippen molar-refractivity contribution < 1.29 is 18.6 Å². The van der Waals surface area contributed by atoms with Gasteiger partial charge in [-0.05, 0) is 39.3 Å². The van der Waals surface area contributed by atoms with Crippen LogP contribution in [0.5, 0.6) is 5.75 Å². The van der Waals surface area contributed by atoms with E-state index in [1.54, 1.807) is 32.9 Å². The third-order valence-electron chi connectivity index (χ3n) is 2.28. The Labute approximate surface area is 114 Å². The molecule has 0 saturated carbocycles. The molecule has 0 radical (unpaired) electrons. The van der Waals surface area contributed by atoms with E-state index in [0.29, 0.717) is 5.75 Å². The number of ether oxygens (including phenoxy) is 1. The lowest BCUT2D eigenvalue weighted by atomic mass is 10.2. The third-order valence-corrected chi connectivity index (χ3v) is 3.24. The predicted octanol–water partition coefficient (Wildman–Crippen LogP) is 2.96. The summed E-state index contributed by atoms with van der Waals surface area (Å²) < 4.78 is 22.0. The van der Waals surface area contributed by atoms with Crippen molar-refractivity contribution in [1.29, 1.82) is 0 Å². The molecule has 1 aromatic rings. The van der Waals surface area contributed by atoms with Gasteiger partial charge < -0.3 is 4.74 Å². The molecule has 0 saturated heterocycles. The van der Waals surface area contributed by atoms with Crippen molar-refractivity contribution in [1.82, 2.24) is 5.09 Å². The molecule has 0 aliphatic heterocycles. The van der Waals surface area contributed by atoms with Gasteiger partial charge in [0, 0.05) is 4.57 Å². The highest BCUT2D eigenvalue weighted by Crippen LogP contribution is 2.26. The Hall–Kier alpha value is -1.45. The average molecular weight is 284 g/mol. The summed E-state index contributed by atoms with van der Waals surface area (Å²) in [4.78, 5) is 11.5. The molecule has 0 aliphatic rings. The van der Waals surface area contributed by atoms with E-state index in [9.17, 15) is 9.36 Å². The topological polar surface area (TPSA) is 64.6 Å². The summed E-state index contributed by atoms with van der Waals surface area (Å²) in [6.45, 7) is 6.96. The highest BCUT2D eigenvalue weighted by molar-refractivity contribution is 7.37. The lowest BCUT2D eigenvalue weighted by Gasteiger charge is -2.10. The number of rotatable bonds is 6. The Morgan fingerprint density at radius 1 is 1.26 bits per heavy atom. The number of aryl methyl sites for hydroxylation is 1. The molecule has 0 aliphatic carbocycles. The van der Waals surface area contributed by atoms with Crippen LogP contribution in [0.15, 0.2) is 24.3 Å². The maximum absolute atomic E-state index is 11.8. The van der Waals surface area contributed by atoms with Crippen LogP contribution in [0.4, 0.5) is 0 Å². The van der Waals surface area contributed by atoms with E-state index in [4.69, 9.17) is 9.26 Å². The highest BCUT2D eigenvalue weighted by atomic mass is 31.1. The van der Waals surface area contributed by atoms with Crippen LogP contribution in [0.2, 0.25) is 0 Å². The summed E-state index contributed by atoms with van der Waals surface area (Å²) in [5.74, 6) is 0.0762. The first-order valence-electron chi connectivity index (χ1n) is 6.07. The molecule has 0 amide bonds. The number of esters is 1. The van der Waals surface area contributed by atoms with Crippen LogP contribution < -0.4 is 9.61 Å². The van der Waals surface area contributed by atoms with Gasteiger partial charge in [0.1, 0.15) is 6.04 Å². The lowest BCUT2D eigenvalue weighted by Crippen LogP contribution is -2.33. The monoisotopic (exact) mass is 284 g/mol. The van der Waals surface area contributed by atoms with Gasteiger partial charge >= 0.3 is 14.1 Å². The Kier molecular flexibility index (Phi) is 5.93. The molecule has 1 N–H and O–H groups in total. The molecular formula is C13H19NO4P+. The minimum absolute atomic E-state index is 0.202. The molecule has 2 atom stereocenters. The quantitative estimate of drug-likeness (QED) is 0.642. The number of nitrogens with one attached hydrogen (secondary N) is 1. The van der Waals surface area contributed by atoms with Crippen LogP contribution in [0.25, 0.3) is 0 Å². The van der Waals surface area contributed by atoms with Gasteiger partial charge in [0.15, 0.2) is 5.75 Å². The van der Waals surface area contributed by atoms with E-state index in [-0.39, 0.29) is 6.10 Å². The molecule has 0 fully saturated rings. The number of hydrogen-bond acceptors (Lipinski definition) is 4. The van der Waals surface area contributed by atoms with Crippen LogP contribution in [-0.4, -0.2) is 18.1 Å². The van der Waals surface area contributed by atoms with Crippen LogP contribution in [0.1, 0.15) is 26.3 Å². The maximum atomic E-state index is 11.8. The van der Waals surface area contributed by atoms with E-state index in [2.05, 4.69) is 5.09 Å². The fourth-order valence-corrected chi connectivity index (χ4v) is 2.18. The Morgan fingerprint density at radius 3 is 2.47 bits per heavy atom. The van der Waals surface area contributed by atoms with Gasteiger partial charge in [-0.25, -0.2) is 4.52 Å². The zero-order valence-corrected chi connectivity index (χ0v) is 12.4. The van der Waals surface area contributed by atoms with Crippen molar-refractivity contribution in [2.75, 3.05) is 0 Å². The van der Waals surface area contributed by atoms with E-state index < -0.39 is 20.2 Å². The minimum Gasteiger partial charge on any atom is -0.462 e. The van der Waals surface area contributed by atoms with Gasteiger partial charge in [-0.3, -0.25) is 4.79 Å². The zero-order valence-electron chi connectivity index (χ0n) is 11.5. The fourth-order valence-electron chi connectivity index (χ4n) is 1.32. The Balaban J connectivity index is 2.52. The van der Waals surface area contributed by atoms with Crippen LogP contribution in [-0.2, 0) is 14.1 Å². The van der Waals surface area contributed by atoms with Gasteiger partial charge in [-0.15, -0.1) is 0 Å². The highest BCUT2D eigenvalue weighted by Gasteiger charge is 2.29. The third kappa shape index (κ3) is 5.37. The molecule has 0 aromatic heterocycles. The molecule has 6 heteroatoms. The van der Waals surface area contributed by atoms with Crippen molar-refractivity contribution in [2.45, 2.75) is 39.8 Å². The molecule has 0 spiro atoms. The van der Waals surface area contributed by atoms with Gasteiger partial charge in [0.05, 0.1) is 6.10 Å². The first-order valence-corrected chi connectivity index (χ1v) is 7.25. The zero-order chi connectivity index (χ0) is 14.4. The van der Waals surface area contributed by atoms with E-state index >= 15 is 0 Å². The Morgan fingerprint density at radius 2 is 1.89 bits per heavy atom. The second-order valence-corrected chi connectivity index (χ2v) is 5.41. The molecule has 1 aromatic carbocycles. The van der Waals surface area contributed by atoms with Gasteiger partial charge in [-0.2, -0.15) is 0 Å². The molecule has 0 heterocycles. The first-order chi connectivity index (χ1) is 8.90. The summed E-state index contributed by atoms with van der Waals surface area (Å²) >= 11 is 0. The maximum Gasteiger partial charge on any atom is 0.664 e. The number of benzene rings is 1. The van der Waals surface area contributed by atoms with Crippen molar-refractivity contribution in [3.8, 4) is 5.75 Å². The molecule has 5 nitrogen and oxygen atoms in total. The summed E-state index contributed by atoms with van der Waals surface area (Å²) in [5.41, 5.74) is 0.880. The van der Waals surface area contributed by atoms with Crippen LogP contribution in [0, 0.1) is 6.92 Å². The SMILES string of the molecule is Cc1ccccc1O[P+](=O)NC(C)C(=O)OC(C)C. The normalized spacial score (nSPS) is 13.0. The Bertz CT molecular complexity index is 462. The fraction of sp³-hybridized carbons (Fsp3) is 0.462. The standard InChI is InChI=1S/C13H19NO4P/c1-9(2)17-13(15)11(4)14-19(16)18-12-8-6-5-7-10(12)3/h5-9,11H,1-4H3,(H,14,16)/q+1. The summed E-state index contributed by atoms with van der Waals surface area (Å²) in [6, 6.07) is 6.55. The molecular weight excluding hydrogens is 265 g/mol. The number of carbonyl (C=O) groups excluding carboxylic acids is 1. The van der Waals surface area contributed by atoms with Crippen molar-refractivity contribution in [3.05, 3.63) is 29.8 Å². The first kappa shape index (κ1) is 15.6. The van der Waals surface area contributed by atoms with Crippen molar-refractivity contribution in [2.24, 2.45) is 0 Å². The summed E-state index contributed by atoms with van der Waals surface area (Å²) in [6.07, 6.45) is -0.202.